The molecule has 0 bridgehead atoms. The van der Waals surface area contributed by atoms with E-state index in [4.69, 9.17) is 0 Å². The molecule has 0 radical (unpaired) electrons. The lowest BCUT2D eigenvalue weighted by Crippen LogP contribution is -2.28. The van der Waals surface area contributed by atoms with Crippen LogP contribution in [0.25, 0.3) is 82.1 Å². The summed E-state index contributed by atoms with van der Waals surface area (Å²) in [5, 5.41) is 10.1. The number of nitrogens with zero attached hydrogens (tertiary/aromatic N) is 2. The summed E-state index contributed by atoms with van der Waals surface area (Å²) in [5.41, 5.74) is 12.6. The third-order valence-electron chi connectivity index (χ3n) is 12.3. The maximum atomic E-state index is 2.56. The van der Waals surface area contributed by atoms with Gasteiger partial charge in [0.2, 0.25) is 0 Å². The van der Waals surface area contributed by atoms with Crippen LogP contribution < -0.4 is 4.90 Å². The van der Waals surface area contributed by atoms with Crippen LogP contribution in [-0.2, 0) is 0 Å². The number of rotatable bonds is 4. The van der Waals surface area contributed by atoms with E-state index >= 15 is 0 Å². The number of fused-ring (bicyclic) bond motifs is 9. The Morgan fingerprint density at radius 1 is 0.375 bits per heavy atom. The highest BCUT2D eigenvalue weighted by Gasteiger charge is 2.38. The number of aromatic nitrogens is 1. The van der Waals surface area contributed by atoms with Gasteiger partial charge in [-0.1, -0.05) is 170 Å². The lowest BCUT2D eigenvalue weighted by atomic mass is 9.89. The zero-order valence-electron chi connectivity index (χ0n) is 30.7. The molecule has 2 heteroatoms. The van der Waals surface area contributed by atoms with Crippen molar-refractivity contribution in [2.24, 2.45) is 0 Å². The van der Waals surface area contributed by atoms with Crippen molar-refractivity contribution in [3.05, 3.63) is 212 Å². The quantitative estimate of drug-likeness (QED) is 0.165. The molecule has 9 aromatic carbocycles. The second kappa shape index (κ2) is 12.2. The van der Waals surface area contributed by atoms with Gasteiger partial charge >= 0.3 is 0 Å². The number of allylic oxidation sites excluding steroid dienone is 2. The molecule has 262 valence electrons. The second-order valence-electron chi connectivity index (χ2n) is 15.2. The van der Waals surface area contributed by atoms with Gasteiger partial charge in [-0.15, -0.1) is 0 Å². The normalized spacial score (nSPS) is 16.0. The molecule has 0 saturated carbocycles. The minimum absolute atomic E-state index is 0.231. The Hall–Kier alpha value is -7.16. The largest absolute Gasteiger partial charge is 0.333 e. The molecule has 2 unspecified atom stereocenters. The summed E-state index contributed by atoms with van der Waals surface area (Å²) in [5.74, 6) is 0.278. The third kappa shape index (κ3) is 4.50. The minimum Gasteiger partial charge on any atom is -0.333 e. The second-order valence-corrected chi connectivity index (χ2v) is 15.2. The minimum atomic E-state index is 0.231. The predicted octanol–water partition coefficient (Wildman–Crippen LogP) is 14.3. The van der Waals surface area contributed by atoms with Crippen LogP contribution >= 0.6 is 0 Å². The Labute approximate surface area is 325 Å². The van der Waals surface area contributed by atoms with Crippen molar-refractivity contribution in [3.63, 3.8) is 0 Å². The van der Waals surface area contributed by atoms with E-state index in [2.05, 4.69) is 216 Å². The summed E-state index contributed by atoms with van der Waals surface area (Å²) in [6.45, 7) is 0. The number of hydrogen-bond donors (Lipinski definition) is 0. The summed E-state index contributed by atoms with van der Waals surface area (Å²) < 4.78 is 2.52. The van der Waals surface area contributed by atoms with E-state index in [1.807, 2.05) is 0 Å². The predicted molar refractivity (Wildman–Crippen MR) is 238 cm³/mol. The molecule has 10 aromatic rings. The maximum absolute atomic E-state index is 2.56. The fourth-order valence-corrected chi connectivity index (χ4v) is 9.88. The highest BCUT2D eigenvalue weighted by atomic mass is 15.2. The van der Waals surface area contributed by atoms with Gasteiger partial charge in [-0.3, -0.25) is 0 Å². The maximum Gasteiger partial charge on any atom is 0.0629 e. The van der Waals surface area contributed by atoms with Crippen molar-refractivity contribution in [1.29, 1.82) is 0 Å². The van der Waals surface area contributed by atoms with Gasteiger partial charge in [0, 0.05) is 44.2 Å². The van der Waals surface area contributed by atoms with Gasteiger partial charge in [0.25, 0.3) is 0 Å². The van der Waals surface area contributed by atoms with Crippen LogP contribution in [0.2, 0.25) is 0 Å². The first-order valence-electron chi connectivity index (χ1n) is 19.6. The fourth-order valence-electron chi connectivity index (χ4n) is 9.88. The SMILES string of the molecule is C1=CC2c3cc(-c4ccc5c(c4)c4ccccc4n5-c4c5ccccc5c(-c5ccccc5)c5ccccc45)ccc3N(c3cccc4ccccc34)C2C=C1. The third-order valence-corrected chi connectivity index (χ3v) is 12.3. The molecule has 2 heterocycles. The van der Waals surface area contributed by atoms with Gasteiger partial charge in [-0.2, -0.15) is 0 Å². The Kier molecular flexibility index (Phi) is 6.79. The Bertz CT molecular complexity index is 3210. The molecule has 1 aliphatic carbocycles. The highest BCUT2D eigenvalue weighted by Crippen LogP contribution is 2.51. The van der Waals surface area contributed by atoms with E-state index in [0.717, 1.165) is 0 Å². The van der Waals surface area contributed by atoms with E-state index in [9.17, 15) is 0 Å². The standard InChI is InChI=1S/C54H36N2/c1-2-16-36(17-3-1)53-42-22-6-8-24-44(42)54(45-25-9-7-23-43(45)53)56-50-27-13-11-21-41(50)47-34-38(30-32-52(47)56)37-29-31-51-46(33-37)40-20-10-12-26-49(40)55(51)48-28-14-18-35-15-4-5-19-39(35)48/h1-34,40,49H. The molecule has 56 heavy (non-hydrogen) atoms. The van der Waals surface area contributed by atoms with Gasteiger partial charge in [0.15, 0.2) is 0 Å². The molecule has 12 rings (SSSR count). The van der Waals surface area contributed by atoms with E-state index in [0.29, 0.717) is 0 Å². The van der Waals surface area contributed by atoms with E-state index in [-0.39, 0.29) is 12.0 Å². The van der Waals surface area contributed by atoms with Crippen molar-refractivity contribution in [2.75, 3.05) is 4.90 Å². The summed E-state index contributed by atoms with van der Waals surface area (Å²) in [6.07, 6.45) is 9.17. The zero-order valence-corrected chi connectivity index (χ0v) is 30.7. The van der Waals surface area contributed by atoms with E-state index < -0.39 is 0 Å². The van der Waals surface area contributed by atoms with Crippen molar-refractivity contribution < 1.29 is 0 Å². The lowest BCUT2D eigenvalue weighted by Gasteiger charge is -2.29. The van der Waals surface area contributed by atoms with E-state index in [1.165, 1.54) is 99.0 Å². The molecular formula is C54H36N2. The van der Waals surface area contributed by atoms with Gasteiger partial charge in [0.05, 0.1) is 22.8 Å². The Morgan fingerprint density at radius 3 is 1.79 bits per heavy atom. The summed E-state index contributed by atoms with van der Waals surface area (Å²) >= 11 is 0. The monoisotopic (exact) mass is 712 g/mol. The average molecular weight is 713 g/mol. The molecule has 1 aromatic heterocycles. The van der Waals surface area contributed by atoms with Gasteiger partial charge < -0.3 is 9.47 Å². The topological polar surface area (TPSA) is 8.17 Å². The Morgan fingerprint density at radius 2 is 0.982 bits per heavy atom. The van der Waals surface area contributed by atoms with Crippen LogP contribution in [-0.4, -0.2) is 10.6 Å². The number of benzene rings is 9. The molecule has 0 fully saturated rings. The molecule has 1 aliphatic heterocycles. The molecule has 0 amide bonds. The van der Waals surface area contributed by atoms with Gasteiger partial charge in [-0.25, -0.2) is 0 Å². The van der Waals surface area contributed by atoms with Crippen LogP contribution in [0.4, 0.5) is 11.4 Å². The summed E-state index contributed by atoms with van der Waals surface area (Å²) in [6, 6.07) is 67.5. The molecule has 0 N–H and O–H groups in total. The van der Waals surface area contributed by atoms with Crippen molar-refractivity contribution in [3.8, 4) is 27.9 Å². The van der Waals surface area contributed by atoms with Crippen LogP contribution in [0.5, 0.6) is 0 Å². The van der Waals surface area contributed by atoms with Crippen LogP contribution in [0.3, 0.4) is 0 Å². The smallest absolute Gasteiger partial charge is 0.0629 e. The van der Waals surface area contributed by atoms with Crippen LogP contribution in [0.15, 0.2) is 206 Å². The summed E-state index contributed by atoms with van der Waals surface area (Å²) in [7, 11) is 0. The molecule has 2 atom stereocenters. The van der Waals surface area contributed by atoms with Crippen molar-refractivity contribution in [1.82, 2.24) is 4.57 Å². The van der Waals surface area contributed by atoms with Crippen molar-refractivity contribution in [2.45, 2.75) is 12.0 Å². The first kappa shape index (κ1) is 31.2. The van der Waals surface area contributed by atoms with E-state index in [1.54, 1.807) is 0 Å². The first-order chi connectivity index (χ1) is 27.8. The van der Waals surface area contributed by atoms with Crippen LogP contribution in [0, 0.1) is 0 Å². The first-order valence-corrected chi connectivity index (χ1v) is 19.6. The Balaban J connectivity index is 1.06. The average Bonchev–Trinajstić information content (AvgIpc) is 3.77. The molecular weight excluding hydrogens is 677 g/mol. The number of anilines is 2. The molecule has 2 aliphatic rings. The lowest BCUT2D eigenvalue weighted by molar-refractivity contribution is 0.746. The zero-order chi connectivity index (χ0) is 36.7. The van der Waals surface area contributed by atoms with Crippen molar-refractivity contribution >= 4 is 65.5 Å². The molecule has 0 saturated heterocycles. The van der Waals surface area contributed by atoms with Gasteiger partial charge in [-0.05, 0) is 80.4 Å². The molecule has 0 spiro atoms. The highest BCUT2D eigenvalue weighted by molar-refractivity contribution is 6.21. The molecule has 2 nitrogen and oxygen atoms in total. The van der Waals surface area contributed by atoms with Gasteiger partial charge in [0.1, 0.15) is 0 Å². The summed E-state index contributed by atoms with van der Waals surface area (Å²) in [4.78, 5) is 2.56. The van der Waals surface area contributed by atoms with Crippen LogP contribution in [0.1, 0.15) is 11.5 Å². The fraction of sp³-hybridized carbons (Fsp3) is 0.0370. The number of para-hydroxylation sites is 1. The number of hydrogen-bond acceptors (Lipinski definition) is 1.